The van der Waals surface area contributed by atoms with Crippen molar-refractivity contribution in [1.82, 2.24) is 0 Å². The molecule has 0 aliphatic carbocycles. The number of thiophene rings is 2. The molecule has 0 aliphatic heterocycles. The summed E-state index contributed by atoms with van der Waals surface area (Å²) in [6, 6.07) is 0. The molecule has 0 saturated carbocycles. The molecule has 0 fully saturated rings. The summed E-state index contributed by atoms with van der Waals surface area (Å²) in [5.74, 6) is 0. The molecule has 0 spiro atoms. The van der Waals surface area contributed by atoms with Crippen molar-refractivity contribution in [2.24, 2.45) is 0 Å². The Morgan fingerprint density at radius 3 is 1.56 bits per heavy atom. The van der Waals surface area contributed by atoms with E-state index in [9.17, 15) is 0 Å². The molecule has 3 rings (SSSR count). The Morgan fingerprint density at radius 1 is 0.812 bits per heavy atom. The number of benzene rings is 1. The summed E-state index contributed by atoms with van der Waals surface area (Å²) in [6.45, 7) is 4.24. The minimum Gasteiger partial charge on any atom is -0.142 e. The van der Waals surface area contributed by atoms with Gasteiger partial charge >= 0.3 is 0 Å². The molecule has 0 aliphatic rings. The first-order valence-electron chi connectivity index (χ1n) is 4.83. The molecular formula is C12H8Cl2S2. The zero-order valence-corrected chi connectivity index (χ0v) is 11.9. The van der Waals surface area contributed by atoms with Crippen molar-refractivity contribution in [3.8, 4) is 0 Å². The van der Waals surface area contributed by atoms with Crippen LogP contribution in [0.4, 0.5) is 0 Å². The first-order chi connectivity index (χ1) is 7.61. The highest BCUT2D eigenvalue weighted by atomic mass is 35.5. The first-order valence-corrected chi connectivity index (χ1v) is 7.35. The Labute approximate surface area is 111 Å². The van der Waals surface area contributed by atoms with E-state index in [1.54, 1.807) is 22.7 Å². The predicted molar refractivity (Wildman–Crippen MR) is 76.7 cm³/mol. The van der Waals surface area contributed by atoms with Crippen LogP contribution in [0.5, 0.6) is 0 Å². The second kappa shape index (κ2) is 3.61. The van der Waals surface area contributed by atoms with Gasteiger partial charge in [0.15, 0.2) is 0 Å². The molecule has 0 bridgehead atoms. The molecule has 2 aromatic heterocycles. The summed E-state index contributed by atoms with van der Waals surface area (Å²) < 4.78 is 2.52. The van der Waals surface area contributed by atoms with Crippen molar-refractivity contribution in [2.75, 3.05) is 0 Å². The summed E-state index contributed by atoms with van der Waals surface area (Å²) in [6.07, 6.45) is 0. The number of halogens is 2. The molecule has 4 heteroatoms. The van der Waals surface area contributed by atoms with Crippen LogP contribution in [0.2, 0.25) is 10.0 Å². The maximum Gasteiger partial charge on any atom is 0.0594 e. The van der Waals surface area contributed by atoms with Crippen LogP contribution in [-0.2, 0) is 0 Å². The fourth-order valence-corrected chi connectivity index (χ4v) is 5.00. The van der Waals surface area contributed by atoms with Crippen LogP contribution < -0.4 is 0 Å². The monoisotopic (exact) mass is 286 g/mol. The third kappa shape index (κ3) is 1.28. The fraction of sp³-hybridized carbons (Fsp3) is 0.167. The summed E-state index contributed by atoms with van der Waals surface area (Å²) in [5.41, 5.74) is 2.50. The largest absolute Gasteiger partial charge is 0.142 e. The van der Waals surface area contributed by atoms with Gasteiger partial charge in [0.25, 0.3) is 0 Å². The third-order valence-electron chi connectivity index (χ3n) is 2.92. The highest BCUT2D eigenvalue weighted by Crippen LogP contribution is 2.44. The Balaban J connectivity index is 2.70. The third-order valence-corrected chi connectivity index (χ3v) is 5.98. The number of rotatable bonds is 0. The predicted octanol–water partition coefficient (Wildman–Crippen LogP) is 6.04. The molecular weight excluding hydrogens is 279 g/mol. The average Bonchev–Trinajstić information content (AvgIpc) is 2.80. The lowest BCUT2D eigenvalue weighted by Gasteiger charge is -2.05. The lowest BCUT2D eigenvalue weighted by Crippen LogP contribution is -1.81. The van der Waals surface area contributed by atoms with E-state index in [-0.39, 0.29) is 0 Å². The van der Waals surface area contributed by atoms with Crippen LogP contribution in [0.25, 0.3) is 20.2 Å². The van der Waals surface area contributed by atoms with Gasteiger partial charge in [-0.15, -0.1) is 22.7 Å². The van der Waals surface area contributed by atoms with Gasteiger partial charge in [-0.05, 0) is 25.0 Å². The molecule has 0 N–H and O–H groups in total. The van der Waals surface area contributed by atoms with Gasteiger partial charge in [0.2, 0.25) is 0 Å². The Morgan fingerprint density at radius 2 is 1.19 bits per heavy atom. The summed E-state index contributed by atoms with van der Waals surface area (Å²) in [5, 5.41) is 8.09. The second-order valence-electron chi connectivity index (χ2n) is 3.83. The number of hydrogen-bond acceptors (Lipinski definition) is 2. The van der Waals surface area contributed by atoms with Gasteiger partial charge in [-0.3, -0.25) is 0 Å². The van der Waals surface area contributed by atoms with Crippen LogP contribution >= 0.6 is 45.9 Å². The van der Waals surface area contributed by atoms with Crippen LogP contribution in [0.1, 0.15) is 11.1 Å². The zero-order valence-electron chi connectivity index (χ0n) is 8.73. The average molecular weight is 287 g/mol. The van der Waals surface area contributed by atoms with Crippen molar-refractivity contribution < 1.29 is 0 Å². The van der Waals surface area contributed by atoms with E-state index in [0.29, 0.717) is 0 Å². The molecule has 16 heavy (non-hydrogen) atoms. The van der Waals surface area contributed by atoms with Gasteiger partial charge in [-0.2, -0.15) is 0 Å². The normalized spacial score (nSPS) is 11.8. The minimum absolute atomic E-state index is 0.854. The molecule has 1 aromatic carbocycles. The smallest absolute Gasteiger partial charge is 0.0594 e. The van der Waals surface area contributed by atoms with E-state index in [1.165, 1.54) is 31.3 Å². The molecule has 0 amide bonds. The first kappa shape index (κ1) is 10.8. The molecule has 0 unspecified atom stereocenters. The van der Waals surface area contributed by atoms with Gasteiger partial charge in [0, 0.05) is 30.9 Å². The van der Waals surface area contributed by atoms with E-state index >= 15 is 0 Å². The van der Waals surface area contributed by atoms with Crippen molar-refractivity contribution in [2.45, 2.75) is 13.8 Å². The van der Waals surface area contributed by atoms with Gasteiger partial charge in [-0.25, -0.2) is 0 Å². The van der Waals surface area contributed by atoms with Gasteiger partial charge in [0.1, 0.15) is 0 Å². The van der Waals surface area contributed by atoms with E-state index in [0.717, 1.165) is 10.0 Å². The molecule has 0 atom stereocenters. The number of aryl methyl sites for hydroxylation is 2. The Bertz CT molecular complexity index is 645. The fourth-order valence-electron chi connectivity index (χ4n) is 2.15. The molecule has 0 nitrogen and oxygen atoms in total. The van der Waals surface area contributed by atoms with Gasteiger partial charge in [0.05, 0.1) is 10.0 Å². The minimum atomic E-state index is 0.854. The van der Waals surface area contributed by atoms with Crippen molar-refractivity contribution in [1.29, 1.82) is 0 Å². The van der Waals surface area contributed by atoms with Crippen molar-refractivity contribution in [3.05, 3.63) is 31.9 Å². The van der Waals surface area contributed by atoms with Gasteiger partial charge in [-0.1, -0.05) is 23.2 Å². The lowest BCUT2D eigenvalue weighted by atomic mass is 10.0. The highest BCUT2D eigenvalue weighted by Gasteiger charge is 2.16. The molecule has 3 aromatic rings. The topological polar surface area (TPSA) is 0 Å². The van der Waals surface area contributed by atoms with Crippen LogP contribution in [0, 0.1) is 13.8 Å². The van der Waals surface area contributed by atoms with E-state index in [2.05, 4.69) is 13.8 Å². The lowest BCUT2D eigenvalue weighted by molar-refractivity contribution is 1.58. The van der Waals surface area contributed by atoms with Crippen LogP contribution in [-0.4, -0.2) is 0 Å². The second-order valence-corrected chi connectivity index (χ2v) is 6.40. The SMILES string of the molecule is Cc1c2scc(Cl)c2c(C)c2scc(Cl)c12. The van der Waals surface area contributed by atoms with Crippen molar-refractivity contribution >= 4 is 66.0 Å². The summed E-state index contributed by atoms with van der Waals surface area (Å²) in [4.78, 5) is 0. The maximum atomic E-state index is 6.24. The maximum absolute atomic E-state index is 6.24. The molecule has 2 heterocycles. The Kier molecular flexibility index (Phi) is 2.44. The highest BCUT2D eigenvalue weighted by molar-refractivity contribution is 7.20. The number of fused-ring (bicyclic) bond motifs is 2. The number of hydrogen-bond donors (Lipinski definition) is 0. The van der Waals surface area contributed by atoms with Crippen LogP contribution in [0.3, 0.4) is 0 Å². The standard InChI is InChI=1S/C12H8Cl2S2/c1-5-9-7(13)3-16-12(9)6(2)10-8(14)4-15-11(5)10/h3-4H,1-2H3. The van der Waals surface area contributed by atoms with Crippen molar-refractivity contribution in [3.63, 3.8) is 0 Å². The zero-order chi connectivity index (χ0) is 11.4. The quantitative estimate of drug-likeness (QED) is 0.473. The summed E-state index contributed by atoms with van der Waals surface area (Å²) in [7, 11) is 0. The molecule has 0 radical (unpaired) electrons. The van der Waals surface area contributed by atoms with E-state index < -0.39 is 0 Å². The molecule has 0 saturated heterocycles. The van der Waals surface area contributed by atoms with E-state index in [4.69, 9.17) is 23.2 Å². The van der Waals surface area contributed by atoms with Gasteiger partial charge < -0.3 is 0 Å². The van der Waals surface area contributed by atoms with Crippen LogP contribution in [0.15, 0.2) is 10.8 Å². The Hall–Kier alpha value is -0.280. The molecule has 82 valence electrons. The van der Waals surface area contributed by atoms with E-state index in [1.807, 2.05) is 10.8 Å². The summed E-state index contributed by atoms with van der Waals surface area (Å²) >= 11 is 15.9.